The first-order valence-electron chi connectivity index (χ1n) is 33.4. The van der Waals surface area contributed by atoms with E-state index in [0.29, 0.717) is 34.9 Å². The summed E-state index contributed by atoms with van der Waals surface area (Å²) in [4.78, 5) is 32.4. The van der Waals surface area contributed by atoms with Gasteiger partial charge in [0.05, 0.1) is 33.4 Å². The van der Waals surface area contributed by atoms with Crippen LogP contribution < -0.4 is 0 Å². The Bertz CT molecular complexity index is 5460. The number of nitrogens with zero attached hydrogens (tertiary/aromatic N) is 8. The molecule has 0 radical (unpaired) electrons. The number of benzene rings is 13. The van der Waals surface area contributed by atoms with E-state index in [1.54, 1.807) is 0 Å². The Balaban J connectivity index is 0.964. The molecule has 0 aliphatic carbocycles. The van der Waals surface area contributed by atoms with E-state index in [0.717, 1.165) is 111 Å². The van der Waals surface area contributed by atoms with Crippen LogP contribution in [0.25, 0.3) is 168 Å². The van der Waals surface area contributed by atoms with Gasteiger partial charge in [-0.05, 0) is 152 Å². The minimum atomic E-state index is 0.544. The summed E-state index contributed by atoms with van der Waals surface area (Å²) in [6, 6.07) is 104. The third-order valence-corrected chi connectivity index (χ3v) is 19.2. The molecule has 0 saturated heterocycles. The molecule has 8 heteroatoms. The van der Waals surface area contributed by atoms with Crippen LogP contribution in [0.3, 0.4) is 0 Å². The summed E-state index contributed by atoms with van der Waals surface area (Å²) in [5, 5.41) is 4.61. The fourth-order valence-corrected chi connectivity index (χ4v) is 15.2. The second-order valence-electron chi connectivity index (χ2n) is 25.8. The summed E-state index contributed by atoms with van der Waals surface area (Å²) in [6.45, 7) is 13.3. The summed E-state index contributed by atoms with van der Waals surface area (Å²) < 4.78 is 4.89. The van der Waals surface area contributed by atoms with Crippen LogP contribution >= 0.6 is 0 Å². The highest BCUT2D eigenvalue weighted by Gasteiger charge is 2.27. The standard InChI is InChI=1S/C90H66N8/c1-55-48-57(3)81(58(4)49-55)67-44-46-77-73(53-67)69-36-19-21-40-75(69)97(77)79-42-24-38-71(89-93-85(61-26-11-7-12-27-61)91-86(94-89)62-28-13-8-14-29-62)83(79)65-34-23-35-66(52-65)84-72(90-95-87(63-30-15-9-16-31-63)92-88(96-90)64-32-17-10-18-33-64)39-25-43-80(84)98-76-41-22-20-37-70(76)74-54-68(45-47-78(74)98)82-59(5)50-56(2)51-60(82)6/h7-54H,1-6H3. The number of rotatable bonds is 12. The van der Waals surface area contributed by atoms with E-state index in [2.05, 4.69) is 269 Å². The molecule has 0 aliphatic rings. The van der Waals surface area contributed by atoms with Crippen molar-refractivity contribution in [1.82, 2.24) is 39.0 Å². The monoisotopic (exact) mass is 1260 g/mol. The summed E-state index contributed by atoms with van der Waals surface area (Å²) in [5.41, 5.74) is 27.7. The van der Waals surface area contributed by atoms with E-state index in [-0.39, 0.29) is 0 Å². The summed E-state index contributed by atoms with van der Waals surface area (Å²) in [5.74, 6) is 3.40. The van der Waals surface area contributed by atoms with Gasteiger partial charge in [-0.2, -0.15) is 0 Å². The second kappa shape index (κ2) is 24.4. The molecule has 17 aromatic rings. The van der Waals surface area contributed by atoms with Crippen LogP contribution in [0.4, 0.5) is 0 Å². The van der Waals surface area contributed by atoms with E-state index in [9.17, 15) is 0 Å². The second-order valence-corrected chi connectivity index (χ2v) is 25.8. The molecule has 0 atom stereocenters. The van der Waals surface area contributed by atoms with Gasteiger partial charge in [0, 0.05) is 66.1 Å². The molecule has 8 nitrogen and oxygen atoms in total. The minimum Gasteiger partial charge on any atom is -0.309 e. The molecule has 13 aromatic carbocycles. The average Bonchev–Trinajstić information content (AvgIpc) is 1.57. The van der Waals surface area contributed by atoms with Gasteiger partial charge in [-0.15, -0.1) is 0 Å². The van der Waals surface area contributed by atoms with Crippen molar-refractivity contribution < 1.29 is 0 Å². The quantitative estimate of drug-likeness (QED) is 0.121. The van der Waals surface area contributed by atoms with Crippen LogP contribution in [0.5, 0.6) is 0 Å². The molecule has 0 N–H and O–H groups in total. The van der Waals surface area contributed by atoms with Crippen LogP contribution in [0.2, 0.25) is 0 Å². The Hall–Kier alpha value is -12.5. The molecule has 0 saturated carbocycles. The highest BCUT2D eigenvalue weighted by molar-refractivity contribution is 6.13. The van der Waals surface area contributed by atoms with Crippen LogP contribution in [0.1, 0.15) is 33.4 Å². The molecule has 17 rings (SSSR count). The number of aromatic nitrogens is 8. The fraction of sp³-hybridized carbons (Fsp3) is 0.0667. The van der Waals surface area contributed by atoms with Crippen molar-refractivity contribution in [2.24, 2.45) is 0 Å². The van der Waals surface area contributed by atoms with Crippen LogP contribution in [0.15, 0.2) is 291 Å². The molecule has 0 amide bonds. The summed E-state index contributed by atoms with van der Waals surface area (Å²) in [6.07, 6.45) is 0. The van der Waals surface area contributed by atoms with Crippen molar-refractivity contribution in [2.75, 3.05) is 0 Å². The Morgan fingerprint density at radius 3 is 0.847 bits per heavy atom. The van der Waals surface area contributed by atoms with Crippen molar-refractivity contribution in [2.45, 2.75) is 41.5 Å². The zero-order valence-electron chi connectivity index (χ0n) is 55.3. The predicted molar refractivity (Wildman–Crippen MR) is 405 cm³/mol. The third-order valence-electron chi connectivity index (χ3n) is 19.2. The molecule has 4 heterocycles. The lowest BCUT2D eigenvalue weighted by Crippen LogP contribution is -2.05. The van der Waals surface area contributed by atoms with Crippen molar-refractivity contribution in [1.29, 1.82) is 0 Å². The molecular formula is C90H66N8. The highest BCUT2D eigenvalue weighted by Crippen LogP contribution is 2.47. The third kappa shape index (κ3) is 10.4. The molecule has 0 spiro atoms. The van der Waals surface area contributed by atoms with Crippen molar-refractivity contribution in [3.05, 3.63) is 325 Å². The van der Waals surface area contributed by atoms with Gasteiger partial charge in [0.2, 0.25) is 0 Å². The van der Waals surface area contributed by atoms with Crippen LogP contribution in [-0.4, -0.2) is 39.0 Å². The number of hydrogen-bond donors (Lipinski definition) is 0. The van der Waals surface area contributed by atoms with Gasteiger partial charge in [-0.3, -0.25) is 0 Å². The van der Waals surface area contributed by atoms with Gasteiger partial charge in [-0.1, -0.05) is 248 Å². The fourth-order valence-electron chi connectivity index (χ4n) is 15.2. The first-order valence-corrected chi connectivity index (χ1v) is 33.4. The van der Waals surface area contributed by atoms with E-state index in [1.165, 1.54) is 55.6 Å². The zero-order chi connectivity index (χ0) is 66.1. The molecule has 98 heavy (non-hydrogen) atoms. The number of fused-ring (bicyclic) bond motifs is 6. The van der Waals surface area contributed by atoms with Gasteiger partial charge < -0.3 is 9.13 Å². The van der Waals surface area contributed by atoms with Crippen molar-refractivity contribution in [3.8, 4) is 124 Å². The Labute approximate surface area is 569 Å². The molecular weight excluding hydrogens is 1190 g/mol. The van der Waals surface area contributed by atoms with Gasteiger partial charge in [0.15, 0.2) is 34.9 Å². The first-order chi connectivity index (χ1) is 48.1. The van der Waals surface area contributed by atoms with Crippen LogP contribution in [-0.2, 0) is 0 Å². The predicted octanol–water partition coefficient (Wildman–Crippen LogP) is 22.8. The Morgan fingerprint density at radius 2 is 0.490 bits per heavy atom. The number of hydrogen-bond acceptors (Lipinski definition) is 6. The van der Waals surface area contributed by atoms with Gasteiger partial charge in [0.1, 0.15) is 0 Å². The summed E-state index contributed by atoms with van der Waals surface area (Å²) >= 11 is 0. The van der Waals surface area contributed by atoms with Crippen molar-refractivity contribution in [3.63, 3.8) is 0 Å². The van der Waals surface area contributed by atoms with Crippen LogP contribution in [0, 0.1) is 41.5 Å². The SMILES string of the molecule is Cc1cc(C)c(-c2ccc3c(c2)c2ccccc2n3-c2cccc(-c3nc(-c4ccccc4)nc(-c4ccccc4)n3)c2-c2cccc(-c3c(-c4nc(-c5ccccc5)nc(-c5ccccc5)n4)cccc3-n3c4ccccc4c4cc(-c5c(C)cc(C)cc5C)ccc43)c2)c(C)c1. The highest BCUT2D eigenvalue weighted by atomic mass is 15.1. The average molecular weight is 1260 g/mol. The molecule has 0 unspecified atom stereocenters. The molecule has 466 valence electrons. The maximum Gasteiger partial charge on any atom is 0.164 e. The normalized spacial score (nSPS) is 11.6. The maximum atomic E-state index is 5.49. The van der Waals surface area contributed by atoms with Crippen molar-refractivity contribution >= 4 is 43.6 Å². The zero-order valence-corrected chi connectivity index (χ0v) is 55.3. The van der Waals surface area contributed by atoms with Gasteiger partial charge >= 0.3 is 0 Å². The van der Waals surface area contributed by atoms with Gasteiger partial charge in [-0.25, -0.2) is 29.9 Å². The van der Waals surface area contributed by atoms with Gasteiger partial charge in [0.25, 0.3) is 0 Å². The van der Waals surface area contributed by atoms with E-state index >= 15 is 0 Å². The smallest absolute Gasteiger partial charge is 0.164 e. The number of para-hydroxylation sites is 2. The van der Waals surface area contributed by atoms with E-state index < -0.39 is 0 Å². The molecule has 0 fully saturated rings. The Morgan fingerprint density at radius 1 is 0.204 bits per heavy atom. The van der Waals surface area contributed by atoms with E-state index in [1.807, 2.05) is 72.8 Å². The molecule has 0 bridgehead atoms. The largest absolute Gasteiger partial charge is 0.309 e. The van der Waals surface area contributed by atoms with E-state index in [4.69, 9.17) is 29.9 Å². The summed E-state index contributed by atoms with van der Waals surface area (Å²) in [7, 11) is 0. The topological polar surface area (TPSA) is 87.2 Å². The maximum absolute atomic E-state index is 5.49. The lowest BCUT2D eigenvalue weighted by Gasteiger charge is -2.21. The Kier molecular flexibility index (Phi) is 14.7. The molecule has 4 aromatic heterocycles. The minimum absolute atomic E-state index is 0.544. The first kappa shape index (κ1) is 59.2. The number of aryl methyl sites for hydroxylation is 6. The lowest BCUT2D eigenvalue weighted by atomic mass is 9.91. The lowest BCUT2D eigenvalue weighted by molar-refractivity contribution is 1.07. The molecule has 0 aliphatic heterocycles.